The van der Waals surface area contributed by atoms with E-state index in [1.807, 2.05) is 18.2 Å². The Balaban J connectivity index is 1.68. The summed E-state index contributed by atoms with van der Waals surface area (Å²) in [6.45, 7) is 5.79. The van der Waals surface area contributed by atoms with Gasteiger partial charge >= 0.3 is 0 Å². The Morgan fingerprint density at radius 3 is 2.18 bits per heavy atom. The average Bonchev–Trinajstić information content (AvgIpc) is 2.69. The van der Waals surface area contributed by atoms with Crippen LogP contribution in [0.5, 0.6) is 0 Å². The standard InChI is InChI=1S/C23H23N3O2/c1-15(2)20-6-4-5-7-21(20)26-22-13-10-18(14-24-22)23(28)25-19-11-8-17(9-12-19)16(3)27/h4-15H,1-3H3,(H,24,26)(H,25,28). The molecular formula is C23H23N3O2. The third-order valence-electron chi connectivity index (χ3n) is 4.42. The first-order valence-corrected chi connectivity index (χ1v) is 9.18. The fourth-order valence-corrected chi connectivity index (χ4v) is 2.85. The van der Waals surface area contributed by atoms with Crippen LogP contribution in [-0.2, 0) is 0 Å². The van der Waals surface area contributed by atoms with E-state index < -0.39 is 0 Å². The Morgan fingerprint density at radius 1 is 0.893 bits per heavy atom. The summed E-state index contributed by atoms with van der Waals surface area (Å²) in [4.78, 5) is 28.1. The van der Waals surface area contributed by atoms with E-state index in [9.17, 15) is 9.59 Å². The van der Waals surface area contributed by atoms with Gasteiger partial charge in [0.05, 0.1) is 5.56 Å². The zero-order chi connectivity index (χ0) is 20.1. The molecule has 0 aliphatic rings. The van der Waals surface area contributed by atoms with Gasteiger partial charge in [-0.3, -0.25) is 9.59 Å². The Morgan fingerprint density at radius 2 is 1.57 bits per heavy atom. The lowest BCUT2D eigenvalue weighted by atomic mass is 10.0. The maximum absolute atomic E-state index is 12.4. The van der Waals surface area contributed by atoms with E-state index in [0.29, 0.717) is 28.6 Å². The van der Waals surface area contributed by atoms with Crippen molar-refractivity contribution in [2.45, 2.75) is 26.7 Å². The van der Waals surface area contributed by atoms with Crippen molar-refractivity contribution in [2.24, 2.45) is 0 Å². The first-order chi connectivity index (χ1) is 13.4. The number of benzene rings is 2. The molecular weight excluding hydrogens is 350 g/mol. The van der Waals surface area contributed by atoms with Gasteiger partial charge in [-0.2, -0.15) is 0 Å². The second-order valence-corrected chi connectivity index (χ2v) is 6.89. The predicted molar refractivity (Wildman–Crippen MR) is 112 cm³/mol. The van der Waals surface area contributed by atoms with Crippen molar-refractivity contribution >= 4 is 28.9 Å². The van der Waals surface area contributed by atoms with Gasteiger partial charge in [0, 0.05) is 23.1 Å². The number of carbonyl (C=O) groups is 2. The first kappa shape index (κ1) is 19.3. The third-order valence-corrected chi connectivity index (χ3v) is 4.42. The highest BCUT2D eigenvalue weighted by Crippen LogP contribution is 2.26. The maximum atomic E-state index is 12.4. The Bertz CT molecular complexity index is 977. The van der Waals surface area contributed by atoms with Crippen LogP contribution in [0.1, 0.15) is 53.0 Å². The molecule has 3 aromatic rings. The normalized spacial score (nSPS) is 10.6. The van der Waals surface area contributed by atoms with Crippen LogP contribution >= 0.6 is 0 Å². The monoisotopic (exact) mass is 373 g/mol. The Hall–Kier alpha value is -3.47. The lowest BCUT2D eigenvalue weighted by Crippen LogP contribution is -2.12. The summed E-state index contributed by atoms with van der Waals surface area (Å²) in [6.07, 6.45) is 1.54. The van der Waals surface area contributed by atoms with Crippen LogP contribution in [0.25, 0.3) is 0 Å². The summed E-state index contributed by atoms with van der Waals surface area (Å²) < 4.78 is 0. The summed E-state index contributed by atoms with van der Waals surface area (Å²) in [5.41, 5.74) is 3.91. The van der Waals surface area contributed by atoms with E-state index in [4.69, 9.17) is 0 Å². The number of pyridine rings is 1. The number of para-hydroxylation sites is 1. The van der Waals surface area contributed by atoms with Crippen molar-refractivity contribution in [3.63, 3.8) is 0 Å². The Kier molecular flexibility index (Phi) is 5.84. The van der Waals surface area contributed by atoms with Crippen LogP contribution in [0.2, 0.25) is 0 Å². The number of hydrogen-bond donors (Lipinski definition) is 2. The van der Waals surface area contributed by atoms with Gasteiger partial charge in [0.2, 0.25) is 0 Å². The molecule has 0 atom stereocenters. The van der Waals surface area contributed by atoms with Gasteiger partial charge in [-0.05, 0) is 60.9 Å². The van der Waals surface area contributed by atoms with E-state index in [1.54, 1.807) is 42.6 Å². The van der Waals surface area contributed by atoms with Gasteiger partial charge in [-0.25, -0.2) is 4.98 Å². The number of anilines is 3. The minimum absolute atomic E-state index is 0.00999. The van der Waals surface area contributed by atoms with E-state index in [1.165, 1.54) is 12.5 Å². The largest absolute Gasteiger partial charge is 0.340 e. The van der Waals surface area contributed by atoms with Gasteiger partial charge < -0.3 is 10.6 Å². The molecule has 0 saturated carbocycles. The van der Waals surface area contributed by atoms with E-state index >= 15 is 0 Å². The summed E-state index contributed by atoms with van der Waals surface area (Å²) in [7, 11) is 0. The average molecular weight is 373 g/mol. The summed E-state index contributed by atoms with van der Waals surface area (Å²) in [5.74, 6) is 0.806. The molecule has 3 rings (SSSR count). The summed E-state index contributed by atoms with van der Waals surface area (Å²) in [6, 6.07) is 18.4. The zero-order valence-electron chi connectivity index (χ0n) is 16.2. The topological polar surface area (TPSA) is 71.1 Å². The molecule has 0 spiro atoms. The highest BCUT2D eigenvalue weighted by molar-refractivity contribution is 6.04. The van der Waals surface area contributed by atoms with E-state index in [0.717, 1.165) is 5.69 Å². The number of amides is 1. The smallest absolute Gasteiger partial charge is 0.257 e. The van der Waals surface area contributed by atoms with Gasteiger partial charge in [0.25, 0.3) is 5.91 Å². The minimum Gasteiger partial charge on any atom is -0.340 e. The molecule has 0 aliphatic heterocycles. The van der Waals surface area contributed by atoms with Crippen molar-refractivity contribution in [1.82, 2.24) is 4.98 Å². The molecule has 1 aromatic heterocycles. The molecule has 0 fully saturated rings. The van der Waals surface area contributed by atoms with Crippen LogP contribution in [0.3, 0.4) is 0 Å². The van der Waals surface area contributed by atoms with Crippen molar-refractivity contribution in [3.05, 3.63) is 83.6 Å². The number of hydrogen-bond acceptors (Lipinski definition) is 4. The summed E-state index contributed by atoms with van der Waals surface area (Å²) >= 11 is 0. The van der Waals surface area contributed by atoms with Crippen molar-refractivity contribution < 1.29 is 9.59 Å². The molecule has 1 amide bonds. The highest BCUT2D eigenvalue weighted by atomic mass is 16.1. The molecule has 28 heavy (non-hydrogen) atoms. The molecule has 5 heteroatoms. The van der Waals surface area contributed by atoms with Crippen LogP contribution in [-0.4, -0.2) is 16.7 Å². The number of nitrogens with one attached hydrogen (secondary N) is 2. The van der Waals surface area contributed by atoms with Gasteiger partial charge in [0.1, 0.15) is 5.82 Å². The van der Waals surface area contributed by atoms with Crippen LogP contribution in [0, 0.1) is 0 Å². The minimum atomic E-state index is -0.253. The second-order valence-electron chi connectivity index (χ2n) is 6.89. The van der Waals surface area contributed by atoms with Crippen molar-refractivity contribution in [3.8, 4) is 0 Å². The molecule has 0 aliphatic carbocycles. The number of aromatic nitrogens is 1. The van der Waals surface area contributed by atoms with Crippen LogP contribution in [0.15, 0.2) is 66.9 Å². The predicted octanol–water partition coefficient (Wildman–Crippen LogP) is 5.40. The number of nitrogens with zero attached hydrogens (tertiary/aromatic N) is 1. The summed E-state index contributed by atoms with van der Waals surface area (Å²) in [5, 5.41) is 6.12. The fraction of sp³-hybridized carbons (Fsp3) is 0.174. The molecule has 1 heterocycles. The molecule has 142 valence electrons. The maximum Gasteiger partial charge on any atom is 0.257 e. The van der Waals surface area contributed by atoms with E-state index in [-0.39, 0.29) is 11.7 Å². The van der Waals surface area contributed by atoms with Crippen molar-refractivity contribution in [2.75, 3.05) is 10.6 Å². The van der Waals surface area contributed by atoms with Crippen LogP contribution < -0.4 is 10.6 Å². The second kappa shape index (κ2) is 8.48. The Labute approximate surface area is 164 Å². The lowest BCUT2D eigenvalue weighted by Gasteiger charge is -2.14. The molecule has 0 saturated heterocycles. The highest BCUT2D eigenvalue weighted by Gasteiger charge is 2.09. The first-order valence-electron chi connectivity index (χ1n) is 9.18. The number of carbonyl (C=O) groups excluding carboxylic acids is 2. The van der Waals surface area contributed by atoms with Crippen LogP contribution in [0.4, 0.5) is 17.2 Å². The number of ketones is 1. The third kappa shape index (κ3) is 4.62. The number of rotatable bonds is 6. The van der Waals surface area contributed by atoms with Crippen molar-refractivity contribution in [1.29, 1.82) is 0 Å². The molecule has 5 nitrogen and oxygen atoms in total. The van der Waals surface area contributed by atoms with E-state index in [2.05, 4.69) is 35.5 Å². The lowest BCUT2D eigenvalue weighted by molar-refractivity contribution is 0.101. The molecule has 2 aromatic carbocycles. The zero-order valence-corrected chi connectivity index (χ0v) is 16.2. The quantitative estimate of drug-likeness (QED) is 0.567. The number of Topliss-reactive ketones (excluding diaryl/α,β-unsaturated/α-hetero) is 1. The fourth-order valence-electron chi connectivity index (χ4n) is 2.85. The van der Waals surface area contributed by atoms with Gasteiger partial charge in [-0.1, -0.05) is 32.0 Å². The molecule has 0 unspecified atom stereocenters. The molecule has 0 bridgehead atoms. The van der Waals surface area contributed by atoms with Gasteiger partial charge in [0.15, 0.2) is 5.78 Å². The molecule has 2 N–H and O–H groups in total. The van der Waals surface area contributed by atoms with Gasteiger partial charge in [-0.15, -0.1) is 0 Å². The SMILES string of the molecule is CC(=O)c1ccc(NC(=O)c2ccc(Nc3ccccc3C(C)C)nc2)cc1. The molecule has 0 radical (unpaired) electrons.